The summed E-state index contributed by atoms with van der Waals surface area (Å²) in [5.74, 6) is 0.870. The molecule has 2 heterocycles. The van der Waals surface area contributed by atoms with Crippen LogP contribution in [0.2, 0.25) is 5.02 Å². The van der Waals surface area contributed by atoms with E-state index in [9.17, 15) is 9.59 Å². The average Bonchev–Trinajstić information content (AvgIpc) is 2.78. The zero-order valence-electron chi connectivity index (χ0n) is 17.2. The van der Waals surface area contributed by atoms with Crippen LogP contribution in [0, 0.1) is 6.92 Å². The molecule has 8 heteroatoms. The Morgan fingerprint density at radius 1 is 1.03 bits per heavy atom. The summed E-state index contributed by atoms with van der Waals surface area (Å²) in [5, 5.41) is 3.23. The Labute approximate surface area is 189 Å². The van der Waals surface area contributed by atoms with Crippen molar-refractivity contribution >= 4 is 28.8 Å². The SMILES string of the molecule is Cc1ccc(OCC(=O)Nc2cccc(OCc3cc(=O)n4cc(Cl)ccc4n3)c2)cc1. The number of anilines is 1. The van der Waals surface area contributed by atoms with E-state index in [0.717, 1.165) is 5.56 Å². The number of nitrogens with one attached hydrogen (secondary N) is 1. The number of rotatable bonds is 7. The molecule has 0 spiro atoms. The van der Waals surface area contributed by atoms with Crippen molar-refractivity contribution in [1.29, 1.82) is 0 Å². The summed E-state index contributed by atoms with van der Waals surface area (Å²) in [5.41, 5.74) is 2.41. The topological polar surface area (TPSA) is 81.9 Å². The summed E-state index contributed by atoms with van der Waals surface area (Å²) in [6.45, 7) is 1.97. The van der Waals surface area contributed by atoms with Crippen LogP contribution in [0.25, 0.3) is 5.65 Å². The molecule has 0 aliphatic rings. The highest BCUT2D eigenvalue weighted by Gasteiger charge is 2.07. The number of carbonyl (C=O) groups excluding carboxylic acids is 1. The minimum Gasteiger partial charge on any atom is -0.487 e. The number of ether oxygens (including phenoxy) is 2. The number of benzene rings is 2. The van der Waals surface area contributed by atoms with Crippen LogP contribution >= 0.6 is 11.6 Å². The molecule has 1 amide bonds. The van der Waals surface area contributed by atoms with E-state index < -0.39 is 0 Å². The third-order valence-corrected chi connectivity index (χ3v) is 4.80. The first-order valence-electron chi connectivity index (χ1n) is 9.86. The van der Waals surface area contributed by atoms with Crippen LogP contribution in [0.1, 0.15) is 11.3 Å². The first-order valence-corrected chi connectivity index (χ1v) is 10.2. The molecule has 0 aliphatic carbocycles. The number of fused-ring (bicyclic) bond motifs is 1. The maximum atomic E-state index is 12.3. The van der Waals surface area contributed by atoms with E-state index in [1.807, 2.05) is 31.2 Å². The van der Waals surface area contributed by atoms with Crippen molar-refractivity contribution in [3.63, 3.8) is 0 Å². The second-order valence-corrected chi connectivity index (χ2v) is 7.56. The lowest BCUT2D eigenvalue weighted by atomic mass is 10.2. The molecule has 4 aromatic rings. The number of pyridine rings is 1. The number of halogens is 1. The van der Waals surface area contributed by atoms with Crippen LogP contribution in [-0.4, -0.2) is 21.9 Å². The van der Waals surface area contributed by atoms with E-state index in [1.54, 1.807) is 36.4 Å². The summed E-state index contributed by atoms with van der Waals surface area (Å²) in [4.78, 5) is 28.9. The van der Waals surface area contributed by atoms with Crippen molar-refractivity contribution in [2.75, 3.05) is 11.9 Å². The number of amides is 1. The summed E-state index contributed by atoms with van der Waals surface area (Å²) in [6.07, 6.45) is 1.52. The maximum absolute atomic E-state index is 12.3. The molecule has 0 fully saturated rings. The van der Waals surface area contributed by atoms with Crippen LogP contribution in [0.3, 0.4) is 0 Å². The smallest absolute Gasteiger partial charge is 0.262 e. The van der Waals surface area contributed by atoms with Gasteiger partial charge in [0.15, 0.2) is 6.61 Å². The van der Waals surface area contributed by atoms with Gasteiger partial charge in [0.1, 0.15) is 23.8 Å². The van der Waals surface area contributed by atoms with Crippen LogP contribution in [0.5, 0.6) is 11.5 Å². The molecule has 0 radical (unpaired) electrons. The van der Waals surface area contributed by atoms with Gasteiger partial charge < -0.3 is 14.8 Å². The summed E-state index contributed by atoms with van der Waals surface area (Å²) in [6, 6.07) is 19.2. The van der Waals surface area contributed by atoms with Crippen LogP contribution < -0.4 is 20.3 Å². The van der Waals surface area contributed by atoms with Gasteiger partial charge in [0.25, 0.3) is 11.5 Å². The van der Waals surface area contributed by atoms with Crippen LogP contribution in [0.4, 0.5) is 5.69 Å². The zero-order valence-corrected chi connectivity index (χ0v) is 18.0. The standard InChI is InChI=1S/C24H20ClN3O4/c1-16-5-8-20(9-6-16)32-15-23(29)27-18-3-2-4-21(11-18)31-14-19-12-24(30)28-13-17(25)7-10-22(28)26-19/h2-13H,14-15H2,1H3,(H,27,29). The molecule has 2 aromatic heterocycles. The molecule has 4 rings (SSSR count). The summed E-state index contributed by atoms with van der Waals surface area (Å²) < 4.78 is 12.6. The highest BCUT2D eigenvalue weighted by molar-refractivity contribution is 6.30. The van der Waals surface area contributed by atoms with Gasteiger partial charge in [-0.3, -0.25) is 14.0 Å². The monoisotopic (exact) mass is 449 g/mol. The fourth-order valence-corrected chi connectivity index (χ4v) is 3.16. The largest absolute Gasteiger partial charge is 0.487 e. The predicted molar refractivity (Wildman–Crippen MR) is 123 cm³/mol. The minimum atomic E-state index is -0.286. The molecule has 0 saturated heterocycles. The minimum absolute atomic E-state index is 0.0995. The Kier molecular flexibility index (Phi) is 6.37. The number of carbonyl (C=O) groups is 1. The lowest BCUT2D eigenvalue weighted by molar-refractivity contribution is -0.118. The number of aromatic nitrogens is 2. The Balaban J connectivity index is 1.36. The van der Waals surface area contributed by atoms with Crippen molar-refractivity contribution < 1.29 is 14.3 Å². The molecule has 7 nitrogen and oxygen atoms in total. The van der Waals surface area contributed by atoms with E-state index in [4.69, 9.17) is 21.1 Å². The Bertz CT molecular complexity index is 1320. The van der Waals surface area contributed by atoms with E-state index in [-0.39, 0.29) is 24.7 Å². The molecule has 32 heavy (non-hydrogen) atoms. The van der Waals surface area contributed by atoms with Crippen molar-refractivity contribution in [2.45, 2.75) is 13.5 Å². The maximum Gasteiger partial charge on any atom is 0.262 e. The number of hydrogen-bond acceptors (Lipinski definition) is 5. The summed E-state index contributed by atoms with van der Waals surface area (Å²) >= 11 is 5.93. The van der Waals surface area contributed by atoms with Gasteiger partial charge >= 0.3 is 0 Å². The molecule has 1 N–H and O–H groups in total. The van der Waals surface area contributed by atoms with Gasteiger partial charge in [-0.05, 0) is 43.3 Å². The van der Waals surface area contributed by atoms with Crippen molar-refractivity contribution in [3.8, 4) is 11.5 Å². The van der Waals surface area contributed by atoms with Gasteiger partial charge in [-0.2, -0.15) is 0 Å². The Morgan fingerprint density at radius 2 is 1.84 bits per heavy atom. The van der Waals surface area contributed by atoms with Crippen LogP contribution in [0.15, 0.2) is 77.7 Å². The molecule has 0 unspecified atom stereocenters. The summed E-state index contributed by atoms with van der Waals surface area (Å²) in [7, 11) is 0. The highest BCUT2D eigenvalue weighted by atomic mass is 35.5. The van der Waals surface area contributed by atoms with Gasteiger partial charge in [-0.25, -0.2) is 4.98 Å². The normalized spacial score (nSPS) is 10.7. The highest BCUT2D eigenvalue weighted by Crippen LogP contribution is 2.19. The van der Waals surface area contributed by atoms with E-state index in [1.165, 1.54) is 16.7 Å². The van der Waals surface area contributed by atoms with Gasteiger partial charge in [-0.1, -0.05) is 35.4 Å². The number of nitrogens with zero attached hydrogens (tertiary/aromatic N) is 2. The van der Waals surface area contributed by atoms with E-state index >= 15 is 0 Å². The first kappa shape index (κ1) is 21.4. The molecule has 0 bridgehead atoms. The van der Waals surface area contributed by atoms with Gasteiger partial charge in [0.05, 0.1) is 10.7 Å². The van der Waals surface area contributed by atoms with E-state index in [2.05, 4.69) is 10.3 Å². The lowest BCUT2D eigenvalue weighted by Gasteiger charge is -2.10. The second kappa shape index (κ2) is 9.53. The van der Waals surface area contributed by atoms with Crippen molar-refractivity contribution in [2.24, 2.45) is 0 Å². The van der Waals surface area contributed by atoms with Gasteiger partial charge in [0.2, 0.25) is 0 Å². The molecule has 0 aliphatic heterocycles. The first-order chi connectivity index (χ1) is 15.5. The Morgan fingerprint density at radius 3 is 2.66 bits per heavy atom. The third-order valence-electron chi connectivity index (χ3n) is 4.57. The van der Waals surface area contributed by atoms with Crippen LogP contribution in [-0.2, 0) is 11.4 Å². The predicted octanol–water partition coefficient (Wildman–Crippen LogP) is 4.25. The third kappa shape index (κ3) is 5.44. The second-order valence-electron chi connectivity index (χ2n) is 7.13. The fourth-order valence-electron chi connectivity index (χ4n) is 3.00. The number of hydrogen-bond donors (Lipinski definition) is 1. The molecule has 0 saturated carbocycles. The fraction of sp³-hybridized carbons (Fsp3) is 0.125. The van der Waals surface area contributed by atoms with Gasteiger partial charge in [0, 0.05) is 24.0 Å². The molecular formula is C24H20ClN3O4. The van der Waals surface area contributed by atoms with E-state index in [0.29, 0.717) is 33.6 Å². The quantitative estimate of drug-likeness (QED) is 0.456. The van der Waals surface area contributed by atoms with Crippen molar-refractivity contribution in [1.82, 2.24) is 9.38 Å². The number of aryl methyl sites for hydroxylation is 1. The van der Waals surface area contributed by atoms with Gasteiger partial charge in [-0.15, -0.1) is 0 Å². The lowest BCUT2D eigenvalue weighted by Crippen LogP contribution is -2.20. The Hall–Kier alpha value is -3.84. The molecule has 0 atom stereocenters. The molecule has 162 valence electrons. The molecular weight excluding hydrogens is 430 g/mol. The van der Waals surface area contributed by atoms with Crippen molar-refractivity contribution in [3.05, 3.63) is 99.6 Å². The average molecular weight is 450 g/mol. The molecule has 2 aromatic carbocycles. The zero-order chi connectivity index (χ0) is 22.5.